The van der Waals surface area contributed by atoms with Crippen LogP contribution in [0.4, 0.5) is 30.7 Å². The molecule has 1 N–H and O–H groups in total. The number of carbonyl (C=O) groups excluding carboxylic acids is 2. The Labute approximate surface area is 302 Å². The molecule has 53 heavy (non-hydrogen) atoms. The van der Waals surface area contributed by atoms with Crippen LogP contribution in [0.15, 0.2) is 66.3 Å². The highest BCUT2D eigenvalue weighted by Gasteiger charge is 2.61. The third kappa shape index (κ3) is 7.54. The second-order valence-electron chi connectivity index (χ2n) is 13.9. The summed E-state index contributed by atoms with van der Waals surface area (Å²) in [7, 11) is 0. The summed E-state index contributed by atoms with van der Waals surface area (Å²) in [5, 5.41) is 15.5. The first kappa shape index (κ1) is 38.0. The summed E-state index contributed by atoms with van der Waals surface area (Å²) >= 11 is 0.439. The number of ether oxygens (including phenoxy) is 1. The molecule has 6 rings (SSSR count). The summed E-state index contributed by atoms with van der Waals surface area (Å²) < 4.78 is 102. The Balaban J connectivity index is 1.20. The molecular formula is C36H33F7N4O5S. The lowest BCUT2D eigenvalue weighted by Crippen LogP contribution is -2.66. The highest BCUT2D eigenvalue weighted by atomic mass is 32.1. The van der Waals surface area contributed by atoms with Crippen LogP contribution in [0.2, 0.25) is 0 Å². The molecule has 1 atom stereocenters. The zero-order valence-electron chi connectivity index (χ0n) is 28.3. The van der Waals surface area contributed by atoms with E-state index in [0.29, 0.717) is 11.3 Å². The number of likely N-dealkylation sites (tertiary alicyclic amines) is 2. The van der Waals surface area contributed by atoms with Gasteiger partial charge in [-0.1, -0.05) is 30.3 Å². The largest absolute Gasteiger partial charge is 0.478 e. The molecule has 0 aliphatic carbocycles. The van der Waals surface area contributed by atoms with Crippen molar-refractivity contribution in [1.29, 1.82) is 0 Å². The van der Waals surface area contributed by atoms with Gasteiger partial charge in [-0.15, -0.1) is 11.3 Å². The first-order chi connectivity index (χ1) is 24.8. The Morgan fingerprint density at radius 2 is 1.68 bits per heavy atom. The minimum absolute atomic E-state index is 0.0693. The Kier molecular flexibility index (Phi) is 9.96. The van der Waals surface area contributed by atoms with Crippen LogP contribution >= 0.6 is 11.3 Å². The molecule has 2 fully saturated rings. The predicted octanol–water partition coefficient (Wildman–Crippen LogP) is 7.22. The fourth-order valence-electron chi connectivity index (χ4n) is 6.82. The summed E-state index contributed by atoms with van der Waals surface area (Å²) in [4.78, 5) is 40.8. The Morgan fingerprint density at radius 1 is 1.00 bits per heavy atom. The van der Waals surface area contributed by atoms with Crippen molar-refractivity contribution in [2.75, 3.05) is 32.8 Å². The van der Waals surface area contributed by atoms with Gasteiger partial charge in [-0.25, -0.2) is 9.18 Å². The maximum absolute atomic E-state index is 13.7. The van der Waals surface area contributed by atoms with E-state index in [1.165, 1.54) is 57.7 Å². The quantitative estimate of drug-likeness (QED) is 0.171. The van der Waals surface area contributed by atoms with Gasteiger partial charge in [0.1, 0.15) is 16.1 Å². The molecule has 1 spiro atoms. The van der Waals surface area contributed by atoms with Crippen molar-refractivity contribution < 1.29 is 55.0 Å². The molecule has 2 aliphatic rings. The molecule has 2 amide bonds. The van der Waals surface area contributed by atoms with E-state index in [9.17, 15) is 50.2 Å². The number of benzene rings is 2. The maximum atomic E-state index is 13.7. The second-order valence-corrected chi connectivity index (χ2v) is 14.9. The lowest BCUT2D eigenvalue weighted by Gasteiger charge is -2.52. The summed E-state index contributed by atoms with van der Waals surface area (Å²) in [6, 6.07) is 11.0. The molecular weight excluding hydrogens is 733 g/mol. The fraction of sp³-hybridized carbons (Fsp3) is 0.389. The van der Waals surface area contributed by atoms with Gasteiger partial charge in [-0.05, 0) is 59.7 Å². The smallest absolute Gasteiger partial charge is 0.425 e. The van der Waals surface area contributed by atoms with Gasteiger partial charge < -0.3 is 19.6 Å². The van der Waals surface area contributed by atoms with Crippen molar-refractivity contribution in [3.63, 3.8) is 0 Å². The number of carbonyl (C=O) groups is 3. The fourth-order valence-corrected chi connectivity index (χ4v) is 7.60. The van der Waals surface area contributed by atoms with Gasteiger partial charge in [0, 0.05) is 43.7 Å². The third-order valence-electron chi connectivity index (χ3n) is 9.91. The second kappa shape index (κ2) is 13.9. The van der Waals surface area contributed by atoms with Crippen molar-refractivity contribution in [3.8, 4) is 11.1 Å². The minimum Gasteiger partial charge on any atom is -0.478 e. The van der Waals surface area contributed by atoms with E-state index < -0.39 is 57.6 Å². The summed E-state index contributed by atoms with van der Waals surface area (Å²) in [6.07, 6.45) is -6.50. The van der Waals surface area contributed by atoms with Crippen LogP contribution in [-0.2, 0) is 28.9 Å². The van der Waals surface area contributed by atoms with Crippen molar-refractivity contribution in [3.05, 3.63) is 99.3 Å². The standard InChI is InChI=1S/C36H33F7N4O5S/c1-33(2,36(41,42)43)32(51)46-19-34(20-46)18-45(30(48)24-11-44-47(13-24)12-21-6-8-26(37)9-7-21)14-25(34)16-52-15-22-4-3-5-27(29(22)31(49)50)23-10-28(53-17-23)35(38,39)40/h3-11,13,17,25H,12,14-16,18-20H2,1-2H3,(H,49,50)/t25-/m0/s1. The number of halogens is 7. The number of hydrogen-bond donors (Lipinski definition) is 1. The van der Waals surface area contributed by atoms with Gasteiger partial charge in [0.2, 0.25) is 5.91 Å². The maximum Gasteiger partial charge on any atom is 0.425 e. The molecule has 0 radical (unpaired) electrons. The normalized spacial score (nSPS) is 17.3. The zero-order chi connectivity index (χ0) is 38.5. The number of thiophene rings is 1. The van der Waals surface area contributed by atoms with Crippen molar-refractivity contribution in [2.45, 2.75) is 39.4 Å². The zero-order valence-corrected chi connectivity index (χ0v) is 29.1. The first-order valence-electron chi connectivity index (χ1n) is 16.3. The van der Waals surface area contributed by atoms with E-state index in [1.807, 2.05) is 0 Å². The number of amides is 2. The SMILES string of the molecule is CC(C)(C(=O)N1CC2(CN(C(=O)c3cnn(Cc4ccc(F)cc4)c3)C[C@H]2COCc2cccc(-c3csc(C(F)(F)F)c3)c2C(=O)O)C1)C(F)(F)F. The van der Waals surface area contributed by atoms with Crippen LogP contribution in [0.25, 0.3) is 11.1 Å². The molecule has 0 saturated carbocycles. The number of carboxylic acid groups (broad SMARTS) is 1. The number of aromatic nitrogens is 2. The first-order valence-corrected chi connectivity index (χ1v) is 17.2. The molecule has 2 aliphatic heterocycles. The predicted molar refractivity (Wildman–Crippen MR) is 177 cm³/mol. The van der Waals surface area contributed by atoms with Crippen LogP contribution in [0.3, 0.4) is 0 Å². The van der Waals surface area contributed by atoms with Crippen LogP contribution in [0.1, 0.15) is 50.6 Å². The molecule has 9 nitrogen and oxygen atoms in total. The highest BCUT2D eigenvalue weighted by molar-refractivity contribution is 7.10. The number of alkyl halides is 6. The Hall–Kier alpha value is -4.77. The van der Waals surface area contributed by atoms with Crippen LogP contribution in [0.5, 0.6) is 0 Å². The number of hydrogen-bond acceptors (Lipinski definition) is 6. The molecule has 4 aromatic rings. The summed E-state index contributed by atoms with van der Waals surface area (Å²) in [6.45, 7) is 1.57. The average molecular weight is 767 g/mol. The lowest BCUT2D eigenvalue weighted by molar-refractivity contribution is -0.223. The van der Waals surface area contributed by atoms with Crippen molar-refractivity contribution >= 4 is 29.1 Å². The molecule has 2 aromatic heterocycles. The van der Waals surface area contributed by atoms with E-state index in [0.717, 1.165) is 30.4 Å². The van der Waals surface area contributed by atoms with Gasteiger partial charge in [-0.2, -0.15) is 31.4 Å². The van der Waals surface area contributed by atoms with E-state index in [1.54, 1.807) is 12.1 Å². The molecule has 0 unspecified atom stereocenters. The van der Waals surface area contributed by atoms with Crippen molar-refractivity contribution in [2.24, 2.45) is 16.7 Å². The van der Waals surface area contributed by atoms with Crippen LogP contribution in [-0.4, -0.2) is 81.4 Å². The molecule has 2 saturated heterocycles. The van der Waals surface area contributed by atoms with Gasteiger partial charge in [-0.3, -0.25) is 14.3 Å². The molecule has 2 aromatic carbocycles. The number of carboxylic acids is 1. The Morgan fingerprint density at radius 3 is 2.30 bits per heavy atom. The average Bonchev–Trinajstić information content (AvgIpc) is 3.83. The Bertz CT molecular complexity index is 2020. The van der Waals surface area contributed by atoms with E-state index in [4.69, 9.17) is 4.74 Å². The van der Waals surface area contributed by atoms with Crippen LogP contribution < -0.4 is 0 Å². The number of rotatable bonds is 10. The van der Waals surface area contributed by atoms with Gasteiger partial charge in [0.25, 0.3) is 5.91 Å². The molecule has 4 heterocycles. The third-order valence-corrected chi connectivity index (χ3v) is 10.9. The van der Waals surface area contributed by atoms with E-state index in [-0.39, 0.29) is 73.8 Å². The van der Waals surface area contributed by atoms with Crippen molar-refractivity contribution in [1.82, 2.24) is 19.6 Å². The highest BCUT2D eigenvalue weighted by Crippen LogP contribution is 2.48. The molecule has 17 heteroatoms. The van der Waals surface area contributed by atoms with E-state index >= 15 is 0 Å². The number of aromatic carboxylic acids is 1. The lowest BCUT2D eigenvalue weighted by atomic mass is 9.70. The van der Waals surface area contributed by atoms with E-state index in [2.05, 4.69) is 5.10 Å². The van der Waals surface area contributed by atoms with Gasteiger partial charge >= 0.3 is 18.3 Å². The number of nitrogens with zero attached hydrogens (tertiary/aromatic N) is 4. The van der Waals surface area contributed by atoms with Crippen LogP contribution in [0, 0.1) is 22.6 Å². The minimum atomic E-state index is -4.80. The van der Waals surface area contributed by atoms with Gasteiger partial charge in [0.05, 0.1) is 37.1 Å². The molecule has 282 valence electrons. The topological polar surface area (TPSA) is 105 Å². The van der Waals surface area contributed by atoms with Gasteiger partial charge in [0.15, 0.2) is 0 Å². The molecule has 0 bridgehead atoms. The monoisotopic (exact) mass is 766 g/mol. The summed E-state index contributed by atoms with van der Waals surface area (Å²) in [5.41, 5.74) is -2.42. The summed E-state index contributed by atoms with van der Waals surface area (Å²) in [5.74, 6) is -3.78.